The molecule has 0 saturated heterocycles. The highest BCUT2D eigenvalue weighted by molar-refractivity contribution is 9.10. The first-order valence-electron chi connectivity index (χ1n) is 11.3. The first-order chi connectivity index (χ1) is 17.8. The maximum absolute atomic E-state index is 13.1. The molecular formula is C28H25BrO8. The van der Waals surface area contributed by atoms with Gasteiger partial charge in [-0.2, -0.15) is 0 Å². The van der Waals surface area contributed by atoms with Crippen LogP contribution in [-0.4, -0.2) is 27.3 Å². The van der Waals surface area contributed by atoms with Crippen LogP contribution in [0.2, 0.25) is 0 Å². The van der Waals surface area contributed by atoms with Gasteiger partial charge in [0.25, 0.3) is 0 Å². The molecule has 1 heterocycles. The van der Waals surface area contributed by atoms with Crippen LogP contribution >= 0.6 is 15.9 Å². The fraction of sp³-hybridized carbons (Fsp3) is 0.214. The van der Waals surface area contributed by atoms with Gasteiger partial charge in [-0.1, -0.05) is 32.0 Å². The van der Waals surface area contributed by atoms with E-state index in [-0.39, 0.29) is 45.1 Å². The van der Waals surface area contributed by atoms with E-state index in [4.69, 9.17) is 28.1 Å². The maximum atomic E-state index is 13.1. The molecule has 3 aromatic carbocycles. The van der Waals surface area contributed by atoms with Crippen LogP contribution in [0.4, 0.5) is 0 Å². The molecular weight excluding hydrogens is 544 g/mol. The van der Waals surface area contributed by atoms with E-state index < -0.39 is 5.97 Å². The van der Waals surface area contributed by atoms with Crippen LogP contribution in [0.3, 0.4) is 0 Å². The van der Waals surface area contributed by atoms with Gasteiger partial charge in [0.1, 0.15) is 23.3 Å². The fourth-order valence-electron chi connectivity index (χ4n) is 3.83. The molecule has 0 spiro atoms. The number of carbonyl (C=O) groups is 1. The van der Waals surface area contributed by atoms with Crippen molar-refractivity contribution in [3.05, 3.63) is 80.6 Å². The summed E-state index contributed by atoms with van der Waals surface area (Å²) in [6.07, 6.45) is 1.25. The molecule has 0 atom stereocenters. The molecule has 0 N–H and O–H groups in total. The molecule has 4 rings (SSSR count). The van der Waals surface area contributed by atoms with Crippen LogP contribution in [0.15, 0.2) is 68.5 Å². The monoisotopic (exact) mass is 568 g/mol. The summed E-state index contributed by atoms with van der Waals surface area (Å²) in [5.41, 5.74) is 1.03. The zero-order valence-electron chi connectivity index (χ0n) is 20.9. The number of para-hydroxylation sites is 1. The smallest absolute Gasteiger partial charge is 0.344 e. The van der Waals surface area contributed by atoms with Gasteiger partial charge in [0.15, 0.2) is 11.5 Å². The van der Waals surface area contributed by atoms with Crippen molar-refractivity contribution < 1.29 is 32.9 Å². The Bertz CT molecular complexity index is 1520. The van der Waals surface area contributed by atoms with Crippen molar-refractivity contribution in [3.8, 4) is 34.5 Å². The Labute approximate surface area is 221 Å². The fourth-order valence-corrected chi connectivity index (χ4v) is 4.44. The number of methoxy groups -OCH3 is 3. The number of ether oxygens (including phenoxy) is 5. The molecule has 8 nitrogen and oxygen atoms in total. The molecule has 4 aromatic rings. The van der Waals surface area contributed by atoms with E-state index in [9.17, 15) is 9.59 Å². The molecule has 37 heavy (non-hydrogen) atoms. The van der Waals surface area contributed by atoms with Gasteiger partial charge < -0.3 is 28.1 Å². The normalized spacial score (nSPS) is 10.9. The average molecular weight is 569 g/mol. The van der Waals surface area contributed by atoms with E-state index in [0.717, 1.165) is 5.56 Å². The van der Waals surface area contributed by atoms with Crippen molar-refractivity contribution in [2.45, 2.75) is 19.8 Å². The van der Waals surface area contributed by atoms with E-state index >= 15 is 0 Å². The third kappa shape index (κ3) is 5.13. The maximum Gasteiger partial charge on any atom is 0.344 e. The third-order valence-electron chi connectivity index (χ3n) is 5.68. The predicted molar refractivity (Wildman–Crippen MR) is 142 cm³/mol. The molecule has 1 aromatic heterocycles. The Morgan fingerprint density at radius 1 is 0.892 bits per heavy atom. The highest BCUT2D eigenvalue weighted by atomic mass is 79.9. The van der Waals surface area contributed by atoms with E-state index in [1.54, 1.807) is 0 Å². The van der Waals surface area contributed by atoms with Crippen molar-refractivity contribution in [2.75, 3.05) is 21.3 Å². The largest absolute Gasteiger partial charge is 0.493 e. The van der Waals surface area contributed by atoms with Gasteiger partial charge in [0, 0.05) is 6.07 Å². The Morgan fingerprint density at radius 2 is 1.62 bits per heavy atom. The van der Waals surface area contributed by atoms with Crippen molar-refractivity contribution in [2.24, 2.45) is 0 Å². The minimum Gasteiger partial charge on any atom is -0.493 e. The number of hydrogen-bond acceptors (Lipinski definition) is 8. The summed E-state index contributed by atoms with van der Waals surface area (Å²) >= 11 is 3.37. The van der Waals surface area contributed by atoms with E-state index in [1.807, 2.05) is 38.1 Å². The molecule has 192 valence electrons. The zero-order chi connectivity index (χ0) is 26.7. The van der Waals surface area contributed by atoms with Crippen LogP contribution in [0.1, 0.15) is 35.7 Å². The summed E-state index contributed by atoms with van der Waals surface area (Å²) in [7, 11) is 4.36. The lowest BCUT2D eigenvalue weighted by molar-refractivity contribution is 0.0733. The van der Waals surface area contributed by atoms with Gasteiger partial charge in [0.2, 0.25) is 16.9 Å². The van der Waals surface area contributed by atoms with Gasteiger partial charge >= 0.3 is 5.97 Å². The van der Waals surface area contributed by atoms with Gasteiger partial charge in [-0.15, -0.1) is 0 Å². The molecule has 0 fully saturated rings. The van der Waals surface area contributed by atoms with Crippen molar-refractivity contribution in [1.82, 2.24) is 0 Å². The highest BCUT2D eigenvalue weighted by Crippen LogP contribution is 2.45. The van der Waals surface area contributed by atoms with Crippen LogP contribution in [0, 0.1) is 0 Å². The number of hydrogen-bond donors (Lipinski definition) is 0. The third-order valence-corrected chi connectivity index (χ3v) is 6.46. The second-order valence-corrected chi connectivity index (χ2v) is 9.07. The first-order valence-corrected chi connectivity index (χ1v) is 12.1. The second-order valence-electron chi connectivity index (χ2n) is 8.28. The van der Waals surface area contributed by atoms with Crippen molar-refractivity contribution in [3.63, 3.8) is 0 Å². The SMILES string of the molecule is COc1cc(C(=O)Oc2ccc3c(=O)c(Oc4ccccc4C(C)C)coc3c2)c(Br)c(OC)c1OC. The molecule has 0 saturated carbocycles. The first kappa shape index (κ1) is 26.1. The van der Waals surface area contributed by atoms with Crippen LogP contribution in [0.5, 0.6) is 34.5 Å². The minimum atomic E-state index is -0.682. The highest BCUT2D eigenvalue weighted by Gasteiger charge is 2.24. The van der Waals surface area contributed by atoms with Gasteiger partial charge in [-0.05, 0) is 51.7 Å². The van der Waals surface area contributed by atoms with E-state index in [0.29, 0.717) is 21.7 Å². The van der Waals surface area contributed by atoms with Crippen molar-refractivity contribution >= 4 is 32.9 Å². The Hall–Kier alpha value is -3.98. The molecule has 0 amide bonds. The number of carbonyl (C=O) groups excluding carboxylic acids is 1. The van der Waals surface area contributed by atoms with Gasteiger partial charge in [-0.3, -0.25) is 4.79 Å². The summed E-state index contributed by atoms with van der Waals surface area (Å²) in [4.78, 5) is 26.1. The quantitative estimate of drug-likeness (QED) is 0.171. The predicted octanol–water partition coefficient (Wildman–Crippen LogP) is 6.72. The molecule has 0 aliphatic carbocycles. The lowest BCUT2D eigenvalue weighted by atomic mass is 10.0. The molecule has 9 heteroatoms. The summed E-state index contributed by atoms with van der Waals surface area (Å²) in [5, 5.41) is 0.285. The number of fused-ring (bicyclic) bond motifs is 1. The summed E-state index contributed by atoms with van der Waals surface area (Å²) in [6, 6.07) is 13.5. The number of halogens is 1. The van der Waals surface area contributed by atoms with E-state index in [1.165, 1.54) is 51.9 Å². The standard InChI is InChI=1S/C28H25BrO8/c1-15(2)17-8-6-7-9-20(17)37-23-14-35-21-12-16(10-11-18(21)25(23)30)36-28(31)19-13-22(32-3)26(33-4)27(34-5)24(19)29/h6-15H,1-5H3. The summed E-state index contributed by atoms with van der Waals surface area (Å²) < 4.78 is 33.5. The summed E-state index contributed by atoms with van der Waals surface area (Å²) in [5.74, 6) is 1.27. The number of esters is 1. The van der Waals surface area contributed by atoms with Crippen LogP contribution in [0.25, 0.3) is 11.0 Å². The van der Waals surface area contributed by atoms with E-state index in [2.05, 4.69) is 15.9 Å². The molecule has 0 aliphatic rings. The molecule has 0 radical (unpaired) electrons. The van der Waals surface area contributed by atoms with Gasteiger partial charge in [0.05, 0.1) is 36.8 Å². The zero-order valence-corrected chi connectivity index (χ0v) is 22.5. The summed E-state index contributed by atoms with van der Waals surface area (Å²) in [6.45, 7) is 4.09. The second kappa shape index (κ2) is 11.0. The topological polar surface area (TPSA) is 93.4 Å². The number of benzene rings is 3. The molecule has 0 aliphatic heterocycles. The Balaban J connectivity index is 1.64. The Kier molecular flexibility index (Phi) is 7.73. The lowest BCUT2D eigenvalue weighted by Gasteiger charge is -2.16. The number of rotatable bonds is 8. The minimum absolute atomic E-state index is 0.0618. The van der Waals surface area contributed by atoms with Crippen LogP contribution < -0.4 is 29.1 Å². The van der Waals surface area contributed by atoms with Crippen LogP contribution in [-0.2, 0) is 0 Å². The van der Waals surface area contributed by atoms with Crippen molar-refractivity contribution in [1.29, 1.82) is 0 Å². The Morgan fingerprint density at radius 3 is 2.30 bits per heavy atom. The molecule has 0 unspecified atom stereocenters. The molecule has 0 bridgehead atoms. The lowest BCUT2D eigenvalue weighted by Crippen LogP contribution is -2.11. The average Bonchev–Trinajstić information content (AvgIpc) is 2.90. The van der Waals surface area contributed by atoms with Gasteiger partial charge in [-0.25, -0.2) is 4.79 Å².